The zero-order valence-electron chi connectivity index (χ0n) is 8.78. The molecule has 0 aliphatic rings. The minimum Gasteiger partial charge on any atom is -0.367 e. The van der Waals surface area contributed by atoms with Crippen LogP contribution in [-0.4, -0.2) is 36.0 Å². The van der Waals surface area contributed by atoms with Gasteiger partial charge in [-0.3, -0.25) is 0 Å². The largest absolute Gasteiger partial charge is 0.367 e. The molecule has 0 saturated carbocycles. The van der Waals surface area contributed by atoms with E-state index in [9.17, 15) is 10.2 Å². The Morgan fingerprint density at radius 3 is 1.54 bits per heavy atom. The molecule has 0 aromatic rings. The molecule has 0 rings (SSSR count). The second-order valence-electron chi connectivity index (χ2n) is 3.44. The lowest BCUT2D eigenvalue weighted by Crippen LogP contribution is -2.43. The van der Waals surface area contributed by atoms with E-state index in [1.54, 1.807) is 27.7 Å². The highest BCUT2D eigenvalue weighted by molar-refractivity contribution is 4.74. The maximum Gasteiger partial charge on any atom is 0.164 e. The van der Waals surface area contributed by atoms with Crippen molar-refractivity contribution in [3.05, 3.63) is 0 Å². The molecule has 13 heavy (non-hydrogen) atoms. The summed E-state index contributed by atoms with van der Waals surface area (Å²) in [5, 5.41) is 19.0. The molecule has 2 N–H and O–H groups in total. The fourth-order valence-electron chi connectivity index (χ4n) is 0.867. The van der Waals surface area contributed by atoms with Crippen molar-refractivity contribution in [2.24, 2.45) is 5.41 Å². The Labute approximate surface area is 79.5 Å². The van der Waals surface area contributed by atoms with Crippen molar-refractivity contribution >= 4 is 0 Å². The molecule has 80 valence electrons. The van der Waals surface area contributed by atoms with Crippen molar-refractivity contribution in [3.8, 4) is 0 Å². The summed E-state index contributed by atoms with van der Waals surface area (Å²) < 4.78 is 9.98. The molecule has 0 aromatic carbocycles. The van der Waals surface area contributed by atoms with E-state index in [1.165, 1.54) is 0 Å². The van der Waals surface area contributed by atoms with Crippen LogP contribution in [0.1, 0.15) is 27.7 Å². The summed E-state index contributed by atoms with van der Waals surface area (Å²) in [7, 11) is 0. The van der Waals surface area contributed by atoms with Gasteiger partial charge >= 0.3 is 0 Å². The maximum absolute atomic E-state index is 9.51. The molecule has 0 saturated heterocycles. The van der Waals surface area contributed by atoms with Crippen molar-refractivity contribution in [1.82, 2.24) is 0 Å². The molecule has 0 aliphatic carbocycles. The smallest absolute Gasteiger partial charge is 0.164 e. The Balaban J connectivity index is 4.17. The van der Waals surface area contributed by atoms with Crippen LogP contribution in [0.3, 0.4) is 0 Å². The molecule has 0 spiro atoms. The summed E-state index contributed by atoms with van der Waals surface area (Å²) in [6, 6.07) is 0. The summed E-state index contributed by atoms with van der Waals surface area (Å²) >= 11 is 0. The van der Waals surface area contributed by atoms with Crippen molar-refractivity contribution in [2.75, 3.05) is 13.2 Å². The summed E-state index contributed by atoms with van der Waals surface area (Å²) in [4.78, 5) is 0. The fraction of sp³-hybridized carbons (Fsp3) is 1.00. The molecule has 0 amide bonds. The van der Waals surface area contributed by atoms with Crippen molar-refractivity contribution in [1.29, 1.82) is 0 Å². The van der Waals surface area contributed by atoms with Gasteiger partial charge in [0.2, 0.25) is 0 Å². The topological polar surface area (TPSA) is 58.9 Å². The first kappa shape index (κ1) is 12.8. The molecule has 4 nitrogen and oxygen atoms in total. The molecule has 0 fully saturated rings. The third-order valence-corrected chi connectivity index (χ3v) is 1.92. The highest BCUT2D eigenvalue weighted by Gasteiger charge is 2.36. The molecule has 0 aliphatic heterocycles. The van der Waals surface area contributed by atoms with E-state index in [0.29, 0.717) is 13.2 Å². The first-order chi connectivity index (χ1) is 5.96. The van der Waals surface area contributed by atoms with E-state index in [0.717, 1.165) is 0 Å². The van der Waals surface area contributed by atoms with E-state index >= 15 is 0 Å². The van der Waals surface area contributed by atoms with Crippen LogP contribution in [0.2, 0.25) is 0 Å². The number of aliphatic hydroxyl groups excluding tert-OH is 2. The summed E-state index contributed by atoms with van der Waals surface area (Å²) in [5.41, 5.74) is -0.813. The standard InChI is InChI=1S/C9H20O4/c1-5-12-7(10)9(3,4)8(11)13-6-2/h7-8,10-11H,5-6H2,1-4H3. The number of hydrogen-bond acceptors (Lipinski definition) is 4. The van der Waals surface area contributed by atoms with Gasteiger partial charge in [-0.2, -0.15) is 0 Å². The highest BCUT2D eigenvalue weighted by Crippen LogP contribution is 2.26. The van der Waals surface area contributed by atoms with E-state index < -0.39 is 18.0 Å². The monoisotopic (exact) mass is 192 g/mol. The van der Waals surface area contributed by atoms with Crippen LogP contribution in [0.5, 0.6) is 0 Å². The molecule has 0 aromatic heterocycles. The molecular formula is C9H20O4. The van der Waals surface area contributed by atoms with E-state index in [-0.39, 0.29) is 0 Å². The molecule has 0 heterocycles. The molecule has 4 heteroatoms. The van der Waals surface area contributed by atoms with Gasteiger partial charge in [-0.05, 0) is 13.8 Å². The second-order valence-corrected chi connectivity index (χ2v) is 3.44. The minimum atomic E-state index is -1.01. The van der Waals surface area contributed by atoms with Crippen LogP contribution in [-0.2, 0) is 9.47 Å². The second kappa shape index (κ2) is 5.54. The lowest BCUT2D eigenvalue weighted by Gasteiger charge is -2.33. The Kier molecular flexibility index (Phi) is 5.48. The number of ether oxygens (including phenoxy) is 2. The zero-order chi connectivity index (χ0) is 10.5. The van der Waals surface area contributed by atoms with Gasteiger partial charge in [0.25, 0.3) is 0 Å². The average Bonchev–Trinajstić information content (AvgIpc) is 2.05. The number of aliphatic hydroxyl groups is 2. The first-order valence-corrected chi connectivity index (χ1v) is 4.56. The predicted octanol–water partition coefficient (Wildman–Crippen LogP) is 0.722. The van der Waals surface area contributed by atoms with Gasteiger partial charge in [-0.15, -0.1) is 0 Å². The normalized spacial score (nSPS) is 17.1. The molecule has 2 atom stereocenters. The summed E-state index contributed by atoms with van der Waals surface area (Å²) in [6.07, 6.45) is -2.03. The van der Waals surface area contributed by atoms with Crippen molar-refractivity contribution in [2.45, 2.75) is 40.3 Å². The van der Waals surface area contributed by atoms with Crippen molar-refractivity contribution < 1.29 is 19.7 Å². The van der Waals surface area contributed by atoms with E-state index in [1.807, 2.05) is 0 Å². The van der Waals surface area contributed by atoms with Gasteiger partial charge in [0, 0.05) is 13.2 Å². The Bertz CT molecular complexity index is 122. The Morgan fingerprint density at radius 1 is 1.00 bits per heavy atom. The summed E-state index contributed by atoms with van der Waals surface area (Å²) in [6.45, 7) is 7.76. The quantitative estimate of drug-likeness (QED) is 0.609. The third kappa shape index (κ3) is 3.60. The van der Waals surface area contributed by atoms with Crippen LogP contribution < -0.4 is 0 Å². The van der Waals surface area contributed by atoms with Crippen LogP contribution in [0.15, 0.2) is 0 Å². The van der Waals surface area contributed by atoms with Crippen LogP contribution in [0, 0.1) is 5.41 Å². The van der Waals surface area contributed by atoms with Crippen LogP contribution in [0.4, 0.5) is 0 Å². The first-order valence-electron chi connectivity index (χ1n) is 4.56. The van der Waals surface area contributed by atoms with Gasteiger partial charge < -0.3 is 19.7 Å². The Morgan fingerprint density at radius 2 is 1.31 bits per heavy atom. The van der Waals surface area contributed by atoms with Crippen molar-refractivity contribution in [3.63, 3.8) is 0 Å². The average molecular weight is 192 g/mol. The lowest BCUT2D eigenvalue weighted by atomic mass is 9.92. The summed E-state index contributed by atoms with van der Waals surface area (Å²) in [5.74, 6) is 0. The number of hydrogen-bond donors (Lipinski definition) is 2. The highest BCUT2D eigenvalue weighted by atomic mass is 16.6. The molecule has 0 radical (unpaired) electrons. The third-order valence-electron chi connectivity index (χ3n) is 1.92. The van der Waals surface area contributed by atoms with Gasteiger partial charge in [0.15, 0.2) is 12.6 Å². The SMILES string of the molecule is CCOC(O)C(C)(C)C(O)OCC. The maximum atomic E-state index is 9.51. The Hall–Kier alpha value is -0.160. The fourth-order valence-corrected chi connectivity index (χ4v) is 0.867. The van der Waals surface area contributed by atoms with Gasteiger partial charge in [-0.1, -0.05) is 13.8 Å². The molecule has 2 unspecified atom stereocenters. The van der Waals surface area contributed by atoms with E-state index in [4.69, 9.17) is 9.47 Å². The van der Waals surface area contributed by atoms with Gasteiger partial charge in [-0.25, -0.2) is 0 Å². The molecule has 0 bridgehead atoms. The van der Waals surface area contributed by atoms with Crippen LogP contribution in [0.25, 0.3) is 0 Å². The predicted molar refractivity (Wildman–Crippen MR) is 49.0 cm³/mol. The lowest BCUT2D eigenvalue weighted by molar-refractivity contribution is -0.253. The van der Waals surface area contributed by atoms with Gasteiger partial charge in [0.05, 0.1) is 5.41 Å². The van der Waals surface area contributed by atoms with Crippen LogP contribution >= 0.6 is 0 Å². The minimum absolute atomic E-state index is 0.406. The van der Waals surface area contributed by atoms with Gasteiger partial charge in [0.1, 0.15) is 0 Å². The molecular weight excluding hydrogens is 172 g/mol. The zero-order valence-corrected chi connectivity index (χ0v) is 8.78. The number of rotatable bonds is 6. The van der Waals surface area contributed by atoms with E-state index in [2.05, 4.69) is 0 Å².